The summed E-state index contributed by atoms with van der Waals surface area (Å²) in [5.74, 6) is 1.43. The average molecular weight is 378 g/mol. The molecule has 26 heavy (non-hydrogen) atoms. The molecule has 8 heteroatoms. The van der Waals surface area contributed by atoms with Gasteiger partial charge in [0.1, 0.15) is 17.8 Å². The van der Waals surface area contributed by atoms with Gasteiger partial charge in [-0.3, -0.25) is 0 Å². The molecule has 0 amide bonds. The fourth-order valence-corrected chi connectivity index (χ4v) is 6.46. The van der Waals surface area contributed by atoms with Crippen LogP contribution in [-0.2, 0) is 10.0 Å². The molecule has 142 valence electrons. The van der Waals surface area contributed by atoms with Gasteiger partial charge in [0.25, 0.3) is 0 Å². The summed E-state index contributed by atoms with van der Waals surface area (Å²) >= 11 is 0. The second-order valence-electron chi connectivity index (χ2n) is 7.77. The first-order valence-corrected chi connectivity index (χ1v) is 11.1. The minimum absolute atomic E-state index is 0.148. The predicted octanol–water partition coefficient (Wildman–Crippen LogP) is 2.38. The Kier molecular flexibility index (Phi) is 4.64. The molecule has 0 spiro atoms. The number of sulfonamides is 1. The third-order valence-electron chi connectivity index (χ3n) is 5.97. The quantitative estimate of drug-likeness (QED) is 0.865. The normalized spacial score (nSPS) is 27.4. The summed E-state index contributed by atoms with van der Waals surface area (Å²) in [6.45, 7) is 2.72. The lowest BCUT2D eigenvalue weighted by atomic mass is 9.81. The van der Waals surface area contributed by atoms with Crippen molar-refractivity contribution >= 4 is 26.9 Å². The van der Waals surface area contributed by atoms with Crippen molar-refractivity contribution in [1.29, 1.82) is 0 Å². The number of aromatic amines is 1. The van der Waals surface area contributed by atoms with Gasteiger partial charge in [-0.25, -0.2) is 18.4 Å². The Balaban J connectivity index is 1.38. The lowest BCUT2D eigenvalue weighted by molar-refractivity contribution is 0.251. The highest BCUT2D eigenvalue weighted by Gasteiger charge is 2.39. The zero-order valence-corrected chi connectivity index (χ0v) is 16.2. The summed E-state index contributed by atoms with van der Waals surface area (Å²) in [5.41, 5.74) is 0.833. The molecule has 1 aliphatic heterocycles. The summed E-state index contributed by atoms with van der Waals surface area (Å²) in [5, 5.41) is 1.01. The smallest absolute Gasteiger partial charge is 0.214 e. The van der Waals surface area contributed by atoms with Crippen molar-refractivity contribution in [2.75, 3.05) is 24.2 Å². The standard InChI is InChI=1S/C18H27N5O2S/c1-13-5-3-4-8-23(13)26(24,25)11-14-9-15(10-14)22(2)18-16-6-7-19-17(16)20-12-21-18/h6-7,12-15H,3-5,8-11H2,1-2H3,(H,19,20,21)/t13?,14-,15+. The Morgan fingerprint density at radius 2 is 2.12 bits per heavy atom. The van der Waals surface area contributed by atoms with Crippen molar-refractivity contribution in [3.8, 4) is 0 Å². The topological polar surface area (TPSA) is 82.2 Å². The van der Waals surface area contributed by atoms with Crippen LogP contribution in [0, 0.1) is 5.92 Å². The van der Waals surface area contributed by atoms with E-state index in [1.807, 2.05) is 26.2 Å². The Morgan fingerprint density at radius 3 is 2.88 bits per heavy atom. The van der Waals surface area contributed by atoms with Gasteiger partial charge in [0.05, 0.1) is 11.1 Å². The van der Waals surface area contributed by atoms with E-state index in [0.29, 0.717) is 12.6 Å². The van der Waals surface area contributed by atoms with Gasteiger partial charge in [-0.05, 0) is 44.6 Å². The highest BCUT2D eigenvalue weighted by Crippen LogP contribution is 2.36. The van der Waals surface area contributed by atoms with E-state index >= 15 is 0 Å². The van der Waals surface area contributed by atoms with Crippen LogP contribution in [0.3, 0.4) is 0 Å². The van der Waals surface area contributed by atoms with Gasteiger partial charge in [0, 0.05) is 31.9 Å². The number of nitrogens with zero attached hydrogens (tertiary/aromatic N) is 4. The summed E-state index contributed by atoms with van der Waals surface area (Å²) in [7, 11) is -1.11. The molecule has 1 unspecified atom stereocenters. The maximum atomic E-state index is 12.8. The third kappa shape index (κ3) is 3.20. The minimum atomic E-state index is -3.15. The molecular weight excluding hydrogens is 350 g/mol. The predicted molar refractivity (Wildman–Crippen MR) is 103 cm³/mol. The van der Waals surface area contributed by atoms with Gasteiger partial charge in [-0.1, -0.05) is 6.42 Å². The van der Waals surface area contributed by atoms with Crippen molar-refractivity contribution < 1.29 is 8.42 Å². The van der Waals surface area contributed by atoms with Crippen LogP contribution in [0.25, 0.3) is 11.0 Å². The minimum Gasteiger partial charge on any atom is -0.356 e. The Labute approximate surface area is 154 Å². The van der Waals surface area contributed by atoms with Crippen molar-refractivity contribution in [2.45, 2.75) is 51.1 Å². The number of hydrogen-bond donors (Lipinski definition) is 1. The maximum Gasteiger partial charge on any atom is 0.214 e. The highest BCUT2D eigenvalue weighted by atomic mass is 32.2. The zero-order chi connectivity index (χ0) is 18.3. The molecule has 0 bridgehead atoms. The molecule has 4 rings (SSSR count). The van der Waals surface area contributed by atoms with Gasteiger partial charge >= 0.3 is 0 Å². The molecule has 1 N–H and O–H groups in total. The highest BCUT2D eigenvalue weighted by molar-refractivity contribution is 7.89. The Morgan fingerprint density at radius 1 is 1.31 bits per heavy atom. The average Bonchev–Trinajstić information content (AvgIpc) is 3.06. The number of H-pyrrole nitrogens is 1. The van der Waals surface area contributed by atoms with Crippen molar-refractivity contribution in [1.82, 2.24) is 19.3 Å². The van der Waals surface area contributed by atoms with Crippen LogP contribution in [0.5, 0.6) is 0 Å². The van der Waals surface area contributed by atoms with E-state index in [2.05, 4.69) is 19.9 Å². The van der Waals surface area contributed by atoms with Gasteiger partial charge in [-0.2, -0.15) is 4.31 Å². The lowest BCUT2D eigenvalue weighted by Gasteiger charge is -2.43. The first-order valence-electron chi connectivity index (χ1n) is 9.46. The molecule has 7 nitrogen and oxygen atoms in total. The number of fused-ring (bicyclic) bond motifs is 1. The summed E-state index contributed by atoms with van der Waals surface area (Å²) in [6.07, 6.45) is 8.34. The molecule has 2 fully saturated rings. The van der Waals surface area contributed by atoms with Crippen LogP contribution < -0.4 is 4.90 Å². The van der Waals surface area contributed by atoms with Crippen LogP contribution in [0.2, 0.25) is 0 Å². The van der Waals surface area contributed by atoms with Crippen LogP contribution >= 0.6 is 0 Å². The first kappa shape index (κ1) is 17.7. The summed E-state index contributed by atoms with van der Waals surface area (Å²) in [6, 6.07) is 2.47. The van der Waals surface area contributed by atoms with Crippen LogP contribution in [-0.4, -0.2) is 59.1 Å². The van der Waals surface area contributed by atoms with Gasteiger partial charge < -0.3 is 9.88 Å². The van der Waals surface area contributed by atoms with E-state index in [1.165, 1.54) is 0 Å². The van der Waals surface area contributed by atoms with Crippen molar-refractivity contribution in [2.24, 2.45) is 5.92 Å². The molecule has 1 aliphatic carbocycles. The van der Waals surface area contributed by atoms with E-state index < -0.39 is 10.0 Å². The van der Waals surface area contributed by atoms with Gasteiger partial charge in [0.15, 0.2) is 0 Å². The molecular formula is C18H27N5O2S. The summed E-state index contributed by atoms with van der Waals surface area (Å²) in [4.78, 5) is 13.9. The Bertz CT molecular complexity index is 875. The number of piperidine rings is 1. The molecule has 0 radical (unpaired) electrons. The SMILES string of the molecule is CC1CCCCN1S(=O)(=O)C[C@H]1C[C@@H](N(C)c2ncnc3[nH]ccc23)C1. The molecule has 1 atom stereocenters. The second kappa shape index (κ2) is 6.81. The van der Waals surface area contributed by atoms with Crippen LogP contribution in [0.15, 0.2) is 18.6 Å². The monoisotopic (exact) mass is 377 g/mol. The first-order chi connectivity index (χ1) is 12.5. The largest absolute Gasteiger partial charge is 0.356 e. The molecule has 3 heterocycles. The third-order valence-corrected chi connectivity index (χ3v) is 8.12. The van der Waals surface area contributed by atoms with Gasteiger partial charge in [-0.15, -0.1) is 0 Å². The molecule has 2 aromatic heterocycles. The van der Waals surface area contributed by atoms with Gasteiger partial charge in [0.2, 0.25) is 10.0 Å². The molecule has 2 aromatic rings. The molecule has 1 saturated carbocycles. The lowest BCUT2D eigenvalue weighted by Crippen LogP contribution is -2.49. The van der Waals surface area contributed by atoms with Crippen LogP contribution in [0.1, 0.15) is 39.0 Å². The second-order valence-corrected chi connectivity index (χ2v) is 9.74. The molecule has 1 saturated heterocycles. The molecule has 2 aliphatic rings. The van der Waals surface area contributed by atoms with E-state index in [0.717, 1.165) is 49.0 Å². The Hall–Kier alpha value is -1.67. The number of hydrogen-bond acceptors (Lipinski definition) is 5. The van der Waals surface area contributed by atoms with Crippen molar-refractivity contribution in [3.05, 3.63) is 18.6 Å². The van der Waals surface area contributed by atoms with E-state index in [-0.39, 0.29) is 17.7 Å². The fraction of sp³-hybridized carbons (Fsp3) is 0.667. The van der Waals surface area contributed by atoms with Crippen molar-refractivity contribution in [3.63, 3.8) is 0 Å². The number of aromatic nitrogens is 3. The summed E-state index contributed by atoms with van der Waals surface area (Å²) < 4.78 is 27.3. The number of nitrogens with one attached hydrogen (secondary N) is 1. The van der Waals surface area contributed by atoms with Crippen LogP contribution in [0.4, 0.5) is 5.82 Å². The number of rotatable bonds is 5. The van der Waals surface area contributed by atoms with E-state index in [4.69, 9.17) is 0 Å². The van der Waals surface area contributed by atoms with E-state index in [9.17, 15) is 8.42 Å². The fourth-order valence-electron chi connectivity index (χ4n) is 4.34. The zero-order valence-electron chi connectivity index (χ0n) is 15.4. The molecule has 0 aromatic carbocycles. The van der Waals surface area contributed by atoms with E-state index in [1.54, 1.807) is 10.6 Å². The number of anilines is 1. The maximum absolute atomic E-state index is 12.8.